The molecule has 0 spiro atoms. The van der Waals surface area contributed by atoms with E-state index in [-0.39, 0.29) is 5.41 Å². The molecular formula is C31H25N. The number of aromatic amines is 1. The fourth-order valence-corrected chi connectivity index (χ4v) is 5.34. The van der Waals surface area contributed by atoms with Crippen molar-refractivity contribution in [2.24, 2.45) is 0 Å². The third kappa shape index (κ3) is 2.58. The summed E-state index contributed by atoms with van der Waals surface area (Å²) in [5, 5.41) is 2.99. The van der Waals surface area contributed by atoms with E-state index < -0.39 is 0 Å². The molecule has 4 aromatic carbocycles. The summed E-state index contributed by atoms with van der Waals surface area (Å²) >= 11 is 0. The molecule has 0 radical (unpaired) electrons. The summed E-state index contributed by atoms with van der Waals surface area (Å²) in [5.41, 5.74) is 11.5. The number of nitrogens with one attached hydrogen (secondary N) is 1. The molecule has 0 saturated heterocycles. The Labute approximate surface area is 188 Å². The number of benzene rings is 4. The second-order valence-corrected chi connectivity index (χ2v) is 9.32. The van der Waals surface area contributed by atoms with Crippen LogP contribution >= 0.6 is 0 Å². The molecule has 32 heavy (non-hydrogen) atoms. The van der Waals surface area contributed by atoms with Crippen LogP contribution in [0.1, 0.15) is 25.0 Å². The van der Waals surface area contributed by atoms with Gasteiger partial charge in [0.15, 0.2) is 0 Å². The van der Waals surface area contributed by atoms with Crippen LogP contribution in [-0.2, 0) is 5.41 Å². The summed E-state index contributed by atoms with van der Waals surface area (Å²) in [4.78, 5) is 3.38. The van der Waals surface area contributed by atoms with E-state index in [0.717, 1.165) is 21.5 Å². The molecule has 0 saturated carbocycles. The van der Waals surface area contributed by atoms with Gasteiger partial charge in [0.1, 0.15) is 0 Å². The zero-order valence-electron chi connectivity index (χ0n) is 18.5. The fourth-order valence-electron chi connectivity index (χ4n) is 5.34. The van der Waals surface area contributed by atoms with Gasteiger partial charge in [-0.15, -0.1) is 0 Å². The Balaban J connectivity index is 1.53. The molecule has 0 bridgehead atoms. The van der Waals surface area contributed by atoms with Gasteiger partial charge in [0, 0.05) is 21.7 Å². The van der Waals surface area contributed by atoms with E-state index in [1.807, 2.05) is 0 Å². The van der Waals surface area contributed by atoms with Gasteiger partial charge in [-0.2, -0.15) is 0 Å². The Bertz CT molecular complexity index is 1630. The molecule has 5 aromatic rings. The van der Waals surface area contributed by atoms with Crippen molar-refractivity contribution in [1.82, 2.24) is 4.98 Å². The Morgan fingerprint density at radius 1 is 0.625 bits per heavy atom. The van der Waals surface area contributed by atoms with Crippen LogP contribution in [0.2, 0.25) is 0 Å². The standard InChI is InChI=1S/C31H25N/c1-19-20(2)32-30-18-22(13-15-23(19)30)25-10-6-5-9-24(25)21-14-16-27-26-11-7-8-12-28(26)31(3,4)29(27)17-21/h5-18,32H,1-2H2,3-4H3. The van der Waals surface area contributed by atoms with Crippen molar-refractivity contribution < 1.29 is 0 Å². The molecular weight excluding hydrogens is 386 g/mol. The number of fused-ring (bicyclic) bond motifs is 4. The first-order valence-corrected chi connectivity index (χ1v) is 11.1. The van der Waals surface area contributed by atoms with Crippen LogP contribution in [0.4, 0.5) is 0 Å². The Kier molecular flexibility index (Phi) is 3.88. The summed E-state index contributed by atoms with van der Waals surface area (Å²) in [6.07, 6.45) is 0. The average Bonchev–Trinajstić information content (AvgIpc) is 3.23. The second kappa shape index (κ2) is 6.58. The molecule has 1 aromatic heterocycles. The van der Waals surface area contributed by atoms with Crippen LogP contribution in [0.3, 0.4) is 0 Å². The summed E-state index contributed by atoms with van der Waals surface area (Å²) < 4.78 is 0. The van der Waals surface area contributed by atoms with Crippen molar-refractivity contribution in [3.05, 3.63) is 107 Å². The quantitative estimate of drug-likeness (QED) is 0.336. The molecule has 1 N–H and O–H groups in total. The van der Waals surface area contributed by atoms with Crippen molar-refractivity contribution in [2.45, 2.75) is 19.3 Å². The van der Waals surface area contributed by atoms with Crippen molar-refractivity contribution in [3.8, 4) is 33.4 Å². The van der Waals surface area contributed by atoms with Gasteiger partial charge < -0.3 is 4.98 Å². The maximum absolute atomic E-state index is 4.15. The highest BCUT2D eigenvalue weighted by Gasteiger charge is 2.35. The third-order valence-corrected chi connectivity index (χ3v) is 7.13. The van der Waals surface area contributed by atoms with Crippen LogP contribution in [0, 0.1) is 0 Å². The Morgan fingerprint density at radius 2 is 1.22 bits per heavy atom. The Morgan fingerprint density at radius 3 is 1.97 bits per heavy atom. The highest BCUT2D eigenvalue weighted by molar-refractivity contribution is 5.91. The van der Waals surface area contributed by atoms with Crippen LogP contribution in [0.15, 0.2) is 84.9 Å². The largest absolute Gasteiger partial charge is 0.355 e. The predicted molar refractivity (Wildman–Crippen MR) is 137 cm³/mol. The predicted octanol–water partition coefficient (Wildman–Crippen LogP) is 6.63. The normalized spacial score (nSPS) is 13.8. The van der Waals surface area contributed by atoms with E-state index in [1.54, 1.807) is 0 Å². The van der Waals surface area contributed by atoms with E-state index >= 15 is 0 Å². The van der Waals surface area contributed by atoms with Gasteiger partial charge >= 0.3 is 0 Å². The zero-order chi connectivity index (χ0) is 22.0. The summed E-state index contributed by atoms with van der Waals surface area (Å²) in [6.45, 7) is 12.9. The van der Waals surface area contributed by atoms with Crippen LogP contribution in [-0.4, -0.2) is 4.98 Å². The van der Waals surface area contributed by atoms with Crippen molar-refractivity contribution in [2.75, 3.05) is 0 Å². The van der Waals surface area contributed by atoms with Crippen LogP contribution < -0.4 is 10.6 Å². The van der Waals surface area contributed by atoms with E-state index in [2.05, 4.69) is 117 Å². The summed E-state index contributed by atoms with van der Waals surface area (Å²) in [7, 11) is 0. The summed E-state index contributed by atoms with van der Waals surface area (Å²) in [6, 6.07) is 31.0. The second-order valence-electron chi connectivity index (χ2n) is 9.32. The van der Waals surface area contributed by atoms with E-state index in [4.69, 9.17) is 0 Å². The molecule has 154 valence electrons. The third-order valence-electron chi connectivity index (χ3n) is 7.13. The average molecular weight is 412 g/mol. The minimum atomic E-state index is -0.00487. The topological polar surface area (TPSA) is 15.8 Å². The van der Waals surface area contributed by atoms with Gasteiger partial charge in [0.25, 0.3) is 0 Å². The molecule has 0 amide bonds. The Hall–Kier alpha value is -3.84. The van der Waals surface area contributed by atoms with Crippen LogP contribution in [0.25, 0.3) is 57.4 Å². The van der Waals surface area contributed by atoms with Crippen LogP contribution in [0.5, 0.6) is 0 Å². The molecule has 6 rings (SSSR count). The molecule has 0 aliphatic heterocycles. The van der Waals surface area contributed by atoms with E-state index in [0.29, 0.717) is 0 Å². The molecule has 0 atom stereocenters. The molecule has 0 fully saturated rings. The van der Waals surface area contributed by atoms with Gasteiger partial charge in [-0.1, -0.05) is 99.8 Å². The molecule has 1 heteroatoms. The van der Waals surface area contributed by atoms with Crippen molar-refractivity contribution in [1.29, 1.82) is 0 Å². The summed E-state index contributed by atoms with van der Waals surface area (Å²) in [5.74, 6) is 0. The van der Waals surface area contributed by atoms with Gasteiger partial charge in [-0.25, -0.2) is 0 Å². The first-order chi connectivity index (χ1) is 15.4. The molecule has 1 aliphatic carbocycles. The first-order valence-electron chi connectivity index (χ1n) is 11.1. The molecule has 0 unspecified atom stereocenters. The molecule has 1 nitrogen and oxygen atoms in total. The monoisotopic (exact) mass is 411 g/mol. The van der Waals surface area contributed by atoms with Crippen molar-refractivity contribution in [3.63, 3.8) is 0 Å². The fraction of sp³-hybridized carbons (Fsp3) is 0.0968. The number of hydrogen-bond donors (Lipinski definition) is 1. The number of hydrogen-bond acceptors (Lipinski definition) is 0. The van der Waals surface area contributed by atoms with Gasteiger partial charge in [-0.3, -0.25) is 0 Å². The smallest absolute Gasteiger partial charge is 0.0470 e. The lowest BCUT2D eigenvalue weighted by Gasteiger charge is -2.22. The zero-order valence-corrected chi connectivity index (χ0v) is 18.5. The minimum absolute atomic E-state index is 0.00487. The van der Waals surface area contributed by atoms with E-state index in [9.17, 15) is 0 Å². The highest BCUT2D eigenvalue weighted by Crippen LogP contribution is 2.49. The lowest BCUT2D eigenvalue weighted by atomic mass is 9.81. The SMILES string of the molecule is C=c1[nH]c2cc(-c3ccccc3-c3ccc4c(c3)C(C)(C)c3ccccc3-4)ccc2c1=C. The maximum Gasteiger partial charge on any atom is 0.0470 e. The first kappa shape index (κ1) is 18.9. The van der Waals surface area contributed by atoms with Gasteiger partial charge in [0.2, 0.25) is 0 Å². The van der Waals surface area contributed by atoms with Gasteiger partial charge in [0.05, 0.1) is 0 Å². The number of H-pyrrole nitrogens is 1. The maximum atomic E-state index is 4.15. The molecule has 1 heterocycles. The lowest BCUT2D eigenvalue weighted by Crippen LogP contribution is -2.18. The van der Waals surface area contributed by atoms with Crippen molar-refractivity contribution >= 4 is 24.1 Å². The number of aromatic nitrogens is 1. The molecule has 1 aliphatic rings. The minimum Gasteiger partial charge on any atom is -0.355 e. The lowest BCUT2D eigenvalue weighted by molar-refractivity contribution is 0.660. The highest BCUT2D eigenvalue weighted by atomic mass is 14.7. The van der Waals surface area contributed by atoms with Gasteiger partial charge in [-0.05, 0) is 61.9 Å². The van der Waals surface area contributed by atoms with E-state index in [1.165, 1.54) is 44.5 Å². The number of rotatable bonds is 2.